The number of halogens is 1. The molecule has 0 aliphatic heterocycles. The molecule has 17 heavy (non-hydrogen) atoms. The van der Waals surface area contributed by atoms with E-state index >= 15 is 0 Å². The average Bonchev–Trinajstić information content (AvgIpc) is 2.35. The van der Waals surface area contributed by atoms with Gasteiger partial charge in [0.25, 0.3) is 0 Å². The molecule has 1 aromatic rings. The highest BCUT2D eigenvalue weighted by molar-refractivity contribution is 7.89. The molecule has 0 aromatic heterocycles. The number of hydrogen-bond donors (Lipinski definition) is 2. The molecule has 0 saturated heterocycles. The molecule has 1 atom stereocenters. The Morgan fingerprint density at radius 1 is 1.29 bits per heavy atom. The topological polar surface area (TPSA) is 66.4 Å². The fraction of sp³-hybridized carbons (Fsp3) is 0.455. The van der Waals surface area contributed by atoms with Gasteiger partial charge in [-0.2, -0.15) is 0 Å². The third-order valence-electron chi connectivity index (χ3n) is 2.25. The molecule has 2 N–H and O–H groups in total. The lowest BCUT2D eigenvalue weighted by atomic mass is 10.1. The molecule has 0 radical (unpaired) electrons. The summed E-state index contributed by atoms with van der Waals surface area (Å²) in [4.78, 5) is 0. The van der Waals surface area contributed by atoms with Gasteiger partial charge in [0.15, 0.2) is 0 Å². The summed E-state index contributed by atoms with van der Waals surface area (Å²) in [5.74, 6) is 0.274. The van der Waals surface area contributed by atoms with Gasteiger partial charge in [0, 0.05) is 5.88 Å². The van der Waals surface area contributed by atoms with Gasteiger partial charge in [0.2, 0.25) is 10.0 Å². The molecule has 6 heteroatoms. The summed E-state index contributed by atoms with van der Waals surface area (Å²) in [6.45, 7) is -0.274. The molecule has 0 bridgehead atoms. The van der Waals surface area contributed by atoms with Gasteiger partial charge in [-0.1, -0.05) is 30.3 Å². The summed E-state index contributed by atoms with van der Waals surface area (Å²) < 4.78 is 25.8. The fourth-order valence-corrected chi connectivity index (χ4v) is 2.99. The first-order valence-corrected chi connectivity index (χ1v) is 7.49. The second-order valence-corrected chi connectivity index (χ2v) is 5.88. The summed E-state index contributed by atoms with van der Waals surface area (Å²) in [5.41, 5.74) is 0.740. The number of sulfonamides is 1. The fourth-order valence-electron chi connectivity index (χ4n) is 1.42. The molecular weight excluding hydrogens is 262 g/mol. The van der Waals surface area contributed by atoms with Crippen molar-refractivity contribution in [1.29, 1.82) is 0 Å². The van der Waals surface area contributed by atoms with Crippen LogP contribution in [0.3, 0.4) is 0 Å². The second kappa shape index (κ2) is 6.96. The zero-order valence-corrected chi connectivity index (χ0v) is 10.9. The average molecular weight is 278 g/mol. The van der Waals surface area contributed by atoms with E-state index in [4.69, 9.17) is 11.6 Å². The van der Waals surface area contributed by atoms with Crippen LogP contribution in [0.25, 0.3) is 0 Å². The minimum absolute atomic E-state index is 0.0279. The van der Waals surface area contributed by atoms with Crippen LogP contribution in [0.4, 0.5) is 0 Å². The van der Waals surface area contributed by atoms with Crippen LogP contribution in [-0.2, 0) is 10.0 Å². The molecule has 0 heterocycles. The first-order valence-electron chi connectivity index (χ1n) is 5.31. The minimum Gasteiger partial charge on any atom is -0.394 e. The molecule has 1 rings (SSSR count). The summed E-state index contributed by atoms with van der Waals surface area (Å²) in [7, 11) is -3.40. The number of aliphatic hydroxyl groups is 1. The molecule has 0 aliphatic carbocycles. The first-order chi connectivity index (χ1) is 8.09. The third kappa shape index (κ3) is 5.04. The maximum atomic E-state index is 11.7. The lowest BCUT2D eigenvalue weighted by Crippen LogP contribution is -2.32. The zero-order chi connectivity index (χ0) is 12.7. The van der Waals surface area contributed by atoms with Crippen LogP contribution in [0.5, 0.6) is 0 Å². The monoisotopic (exact) mass is 277 g/mol. The summed E-state index contributed by atoms with van der Waals surface area (Å²) >= 11 is 5.45. The summed E-state index contributed by atoms with van der Waals surface area (Å²) in [6.07, 6.45) is 0.393. The van der Waals surface area contributed by atoms with Gasteiger partial charge in [0.05, 0.1) is 18.4 Å². The van der Waals surface area contributed by atoms with Crippen molar-refractivity contribution in [3.05, 3.63) is 35.9 Å². The van der Waals surface area contributed by atoms with Crippen molar-refractivity contribution in [2.24, 2.45) is 0 Å². The molecule has 1 unspecified atom stereocenters. The van der Waals surface area contributed by atoms with Crippen molar-refractivity contribution < 1.29 is 13.5 Å². The Morgan fingerprint density at radius 2 is 1.94 bits per heavy atom. The van der Waals surface area contributed by atoms with E-state index in [0.717, 1.165) is 5.56 Å². The lowest BCUT2D eigenvalue weighted by molar-refractivity contribution is 0.259. The van der Waals surface area contributed by atoms with Gasteiger partial charge < -0.3 is 5.11 Å². The highest BCUT2D eigenvalue weighted by Crippen LogP contribution is 2.13. The van der Waals surface area contributed by atoms with E-state index in [0.29, 0.717) is 12.3 Å². The van der Waals surface area contributed by atoms with Crippen molar-refractivity contribution >= 4 is 21.6 Å². The van der Waals surface area contributed by atoms with Crippen molar-refractivity contribution in [2.75, 3.05) is 18.2 Å². The predicted octanol–water partition coefficient (Wildman–Crippen LogP) is 1.27. The molecule has 96 valence electrons. The molecule has 0 amide bonds. The van der Waals surface area contributed by atoms with Crippen LogP contribution < -0.4 is 4.72 Å². The molecule has 0 aliphatic rings. The van der Waals surface area contributed by atoms with Crippen LogP contribution in [0.1, 0.15) is 18.0 Å². The Hall–Kier alpha value is -0.620. The highest BCUT2D eigenvalue weighted by atomic mass is 35.5. The minimum atomic E-state index is -3.40. The SMILES string of the molecule is O=S(=O)(CCCCl)NC(CO)c1ccccc1. The van der Waals surface area contributed by atoms with Crippen molar-refractivity contribution in [1.82, 2.24) is 4.72 Å². The van der Waals surface area contributed by atoms with Gasteiger partial charge in [-0.3, -0.25) is 0 Å². The van der Waals surface area contributed by atoms with E-state index in [1.807, 2.05) is 6.07 Å². The van der Waals surface area contributed by atoms with E-state index in [9.17, 15) is 13.5 Å². The number of benzene rings is 1. The van der Waals surface area contributed by atoms with Crippen LogP contribution in [-0.4, -0.2) is 31.8 Å². The molecular formula is C11H16ClNO3S. The van der Waals surface area contributed by atoms with Crippen LogP contribution >= 0.6 is 11.6 Å². The van der Waals surface area contributed by atoms with E-state index in [2.05, 4.69) is 4.72 Å². The van der Waals surface area contributed by atoms with Gasteiger partial charge in [0.1, 0.15) is 0 Å². The maximum absolute atomic E-state index is 11.7. The standard InChI is InChI=1S/C11H16ClNO3S/c12-7-4-8-17(15,16)13-11(9-14)10-5-2-1-3-6-10/h1-3,5-6,11,13-14H,4,7-9H2. The number of rotatable bonds is 7. The molecule has 0 spiro atoms. The van der Waals surface area contributed by atoms with Gasteiger partial charge in [-0.25, -0.2) is 13.1 Å². The number of nitrogens with one attached hydrogen (secondary N) is 1. The lowest BCUT2D eigenvalue weighted by Gasteiger charge is -2.16. The van der Waals surface area contributed by atoms with Crippen LogP contribution in [0, 0.1) is 0 Å². The van der Waals surface area contributed by atoms with Gasteiger partial charge in [-0.15, -0.1) is 11.6 Å². The van der Waals surface area contributed by atoms with Gasteiger partial charge in [-0.05, 0) is 12.0 Å². The first kappa shape index (κ1) is 14.4. The Bertz CT molecular complexity index is 422. The molecule has 4 nitrogen and oxygen atoms in total. The smallest absolute Gasteiger partial charge is 0.212 e. The Labute approximate surface area is 107 Å². The quantitative estimate of drug-likeness (QED) is 0.738. The molecule has 1 aromatic carbocycles. The number of aliphatic hydroxyl groups excluding tert-OH is 1. The second-order valence-electron chi connectivity index (χ2n) is 3.63. The zero-order valence-electron chi connectivity index (χ0n) is 9.34. The van der Waals surface area contributed by atoms with Gasteiger partial charge >= 0.3 is 0 Å². The largest absolute Gasteiger partial charge is 0.394 e. The Kier molecular flexibility index (Phi) is 5.91. The third-order valence-corrected chi connectivity index (χ3v) is 3.99. The summed E-state index contributed by atoms with van der Waals surface area (Å²) in [6, 6.07) is 8.36. The van der Waals surface area contributed by atoms with E-state index in [-0.39, 0.29) is 12.4 Å². The van der Waals surface area contributed by atoms with Crippen molar-refractivity contribution in [3.8, 4) is 0 Å². The Morgan fingerprint density at radius 3 is 2.47 bits per heavy atom. The van der Waals surface area contributed by atoms with E-state index < -0.39 is 16.1 Å². The number of hydrogen-bond acceptors (Lipinski definition) is 3. The van der Waals surface area contributed by atoms with Crippen LogP contribution in [0.2, 0.25) is 0 Å². The van der Waals surface area contributed by atoms with Crippen molar-refractivity contribution in [2.45, 2.75) is 12.5 Å². The maximum Gasteiger partial charge on any atom is 0.212 e. The number of alkyl halides is 1. The van der Waals surface area contributed by atoms with Crippen molar-refractivity contribution in [3.63, 3.8) is 0 Å². The van der Waals surface area contributed by atoms with E-state index in [1.54, 1.807) is 24.3 Å². The predicted molar refractivity (Wildman–Crippen MR) is 68.5 cm³/mol. The molecule has 0 saturated carbocycles. The highest BCUT2D eigenvalue weighted by Gasteiger charge is 2.18. The summed E-state index contributed by atoms with van der Waals surface area (Å²) in [5, 5.41) is 9.22. The normalized spacial score (nSPS) is 13.5. The Balaban J connectivity index is 2.71. The van der Waals surface area contributed by atoms with E-state index in [1.165, 1.54) is 0 Å². The van der Waals surface area contributed by atoms with Crippen LogP contribution in [0.15, 0.2) is 30.3 Å². The molecule has 0 fully saturated rings.